The van der Waals surface area contributed by atoms with E-state index < -0.39 is 0 Å². The number of fused-ring (bicyclic) bond motifs is 1. The fourth-order valence-electron chi connectivity index (χ4n) is 3.14. The van der Waals surface area contributed by atoms with Gasteiger partial charge >= 0.3 is 0 Å². The van der Waals surface area contributed by atoms with Crippen molar-refractivity contribution in [1.29, 1.82) is 0 Å². The van der Waals surface area contributed by atoms with Gasteiger partial charge in [0.25, 0.3) is 0 Å². The zero-order chi connectivity index (χ0) is 20.5. The minimum Gasteiger partial charge on any atom is -0.488 e. The highest BCUT2D eigenvalue weighted by atomic mass is 16.5. The number of hydrogen-bond donors (Lipinski definition) is 2. The van der Waals surface area contributed by atoms with Gasteiger partial charge in [-0.3, -0.25) is 9.38 Å². The quantitative estimate of drug-likeness (QED) is 0.658. The monoisotopic (exact) mass is 398 g/mol. The number of aromatic nitrogens is 4. The summed E-state index contributed by atoms with van der Waals surface area (Å²) in [7, 11) is 1.67. The summed E-state index contributed by atoms with van der Waals surface area (Å²) in [6.07, 6.45) is 11.9. The maximum absolute atomic E-state index is 5.92. The molecule has 0 aromatic carbocycles. The molecule has 3 aromatic rings. The van der Waals surface area contributed by atoms with Crippen LogP contribution in [-0.2, 0) is 4.74 Å². The number of nitrogen functional groups attached to an aromatic ring is 1. The number of methoxy groups -OCH3 is 1. The van der Waals surface area contributed by atoms with Crippen molar-refractivity contribution < 1.29 is 9.47 Å². The van der Waals surface area contributed by atoms with Crippen LogP contribution in [0.5, 0.6) is 5.75 Å². The Morgan fingerprint density at radius 1 is 1.21 bits per heavy atom. The van der Waals surface area contributed by atoms with Crippen LogP contribution in [0.1, 0.15) is 32.6 Å². The van der Waals surface area contributed by atoms with E-state index in [1.54, 1.807) is 19.5 Å². The minimum atomic E-state index is 0.0247. The molecule has 1 fully saturated rings. The Morgan fingerprint density at radius 2 is 2.03 bits per heavy atom. The van der Waals surface area contributed by atoms with Gasteiger partial charge in [-0.15, -0.1) is 0 Å². The molecule has 0 radical (unpaired) electrons. The van der Waals surface area contributed by atoms with Crippen LogP contribution in [0.25, 0.3) is 17.0 Å². The van der Waals surface area contributed by atoms with Gasteiger partial charge < -0.3 is 20.5 Å². The summed E-state index contributed by atoms with van der Waals surface area (Å²) in [4.78, 5) is 12.8. The number of nitrogens with two attached hydrogens (primary N) is 1. The van der Waals surface area contributed by atoms with Gasteiger partial charge in [-0.2, -0.15) is 0 Å². The van der Waals surface area contributed by atoms with Gasteiger partial charge in [0.15, 0.2) is 0 Å². The van der Waals surface area contributed by atoms with E-state index in [9.17, 15) is 0 Å². The van der Waals surface area contributed by atoms with E-state index in [0.717, 1.165) is 23.5 Å². The molecule has 4 heterocycles. The third-order valence-electron chi connectivity index (χ3n) is 4.72. The molecule has 156 valence electrons. The molecule has 0 bridgehead atoms. The normalized spacial score (nSPS) is 14.8. The summed E-state index contributed by atoms with van der Waals surface area (Å²) in [5.41, 5.74) is 7.98. The summed E-state index contributed by atoms with van der Waals surface area (Å²) < 4.78 is 13.0. The third kappa shape index (κ3) is 5.88. The number of imidazole rings is 1. The van der Waals surface area contributed by atoms with E-state index in [1.807, 2.05) is 22.7 Å². The number of piperidine rings is 1. The molecule has 0 spiro atoms. The lowest BCUT2D eigenvalue weighted by Crippen LogP contribution is -2.21. The predicted molar refractivity (Wildman–Crippen MR) is 114 cm³/mol. The molecule has 4 rings (SSSR count). The van der Waals surface area contributed by atoms with Crippen molar-refractivity contribution >= 4 is 11.5 Å². The first kappa shape index (κ1) is 21.0. The molecular formula is C21H30N6O2. The minimum absolute atomic E-state index is 0.0247. The van der Waals surface area contributed by atoms with Crippen LogP contribution >= 0.6 is 0 Å². The van der Waals surface area contributed by atoms with Crippen molar-refractivity contribution in [2.45, 2.75) is 38.7 Å². The Balaban J connectivity index is 0.000000343. The molecule has 1 saturated heterocycles. The first-order valence-corrected chi connectivity index (χ1v) is 10.1. The zero-order valence-corrected chi connectivity index (χ0v) is 17.2. The van der Waals surface area contributed by atoms with Crippen LogP contribution in [-0.4, -0.2) is 52.3 Å². The van der Waals surface area contributed by atoms with Crippen LogP contribution in [0.4, 0.5) is 5.82 Å². The second-order valence-electron chi connectivity index (χ2n) is 6.98. The molecule has 1 aliphatic heterocycles. The van der Waals surface area contributed by atoms with Crippen LogP contribution in [0.15, 0.2) is 36.9 Å². The van der Waals surface area contributed by atoms with E-state index in [2.05, 4.69) is 27.2 Å². The Hall–Kier alpha value is -2.71. The number of nitrogens with one attached hydrogen (secondary N) is 1. The number of rotatable bonds is 6. The van der Waals surface area contributed by atoms with Gasteiger partial charge in [0.2, 0.25) is 0 Å². The number of anilines is 1. The topological polar surface area (TPSA) is 99.6 Å². The fourth-order valence-corrected chi connectivity index (χ4v) is 3.14. The van der Waals surface area contributed by atoms with Gasteiger partial charge in [0.1, 0.15) is 29.0 Å². The maximum atomic E-state index is 5.92. The Kier molecular flexibility index (Phi) is 7.77. The second kappa shape index (κ2) is 10.7. The molecule has 1 unspecified atom stereocenters. The van der Waals surface area contributed by atoms with Crippen molar-refractivity contribution in [1.82, 2.24) is 24.7 Å². The second-order valence-corrected chi connectivity index (χ2v) is 6.98. The van der Waals surface area contributed by atoms with Crippen LogP contribution < -0.4 is 15.8 Å². The molecule has 1 aliphatic rings. The first-order chi connectivity index (χ1) is 14.2. The summed E-state index contributed by atoms with van der Waals surface area (Å²) in [5.74, 6) is 1.14. The van der Waals surface area contributed by atoms with Crippen LogP contribution in [0.2, 0.25) is 0 Å². The molecule has 8 nitrogen and oxygen atoms in total. The van der Waals surface area contributed by atoms with Gasteiger partial charge in [-0.25, -0.2) is 9.97 Å². The van der Waals surface area contributed by atoms with E-state index >= 15 is 0 Å². The number of hydrogen-bond acceptors (Lipinski definition) is 7. The average Bonchev–Trinajstić information content (AvgIpc) is 3.18. The zero-order valence-electron chi connectivity index (χ0n) is 17.2. The highest BCUT2D eigenvalue weighted by molar-refractivity contribution is 5.61. The van der Waals surface area contributed by atoms with E-state index in [1.165, 1.54) is 38.5 Å². The van der Waals surface area contributed by atoms with E-state index in [0.29, 0.717) is 18.1 Å². The Labute approximate surface area is 171 Å². The lowest BCUT2D eigenvalue weighted by atomic mass is 10.2. The van der Waals surface area contributed by atoms with Crippen molar-refractivity contribution in [2.75, 3.05) is 32.5 Å². The van der Waals surface area contributed by atoms with Crippen LogP contribution in [0.3, 0.4) is 0 Å². The number of ether oxygens (including phenoxy) is 2. The fraction of sp³-hybridized carbons (Fsp3) is 0.476. The number of nitrogens with zero attached hydrogens (tertiary/aromatic N) is 4. The molecule has 0 aliphatic carbocycles. The summed E-state index contributed by atoms with van der Waals surface area (Å²) in [6.45, 7) is 5.12. The summed E-state index contributed by atoms with van der Waals surface area (Å²) >= 11 is 0. The Morgan fingerprint density at radius 3 is 2.66 bits per heavy atom. The largest absolute Gasteiger partial charge is 0.488 e. The van der Waals surface area contributed by atoms with Crippen molar-refractivity contribution in [3.63, 3.8) is 0 Å². The van der Waals surface area contributed by atoms with Gasteiger partial charge in [-0.1, -0.05) is 13.3 Å². The average molecular weight is 399 g/mol. The third-order valence-corrected chi connectivity index (χ3v) is 4.72. The standard InChI is InChI=1S/C16H19N5O2.C5H11N/c1-3-11(10-22-2)23-12-4-5-21-14(8-19-16(21)6-12)13-7-18-9-15(17)20-13;1-2-4-6-5-3-1/h4-9,11H,3,10H2,1-2H3,(H2,17,20);6H,1-5H2. The van der Waals surface area contributed by atoms with Gasteiger partial charge in [0.05, 0.1) is 30.9 Å². The molecule has 1 atom stereocenters. The smallest absolute Gasteiger partial charge is 0.142 e. The molecule has 3 aromatic heterocycles. The van der Waals surface area contributed by atoms with Crippen molar-refractivity contribution in [2.24, 2.45) is 0 Å². The SMILES string of the molecule is C1CCNCC1.CCC(COC)Oc1ccn2c(-c3cncc(N)n3)cnc2c1. The highest BCUT2D eigenvalue weighted by Crippen LogP contribution is 2.22. The van der Waals surface area contributed by atoms with Gasteiger partial charge in [-0.05, 0) is 38.4 Å². The van der Waals surface area contributed by atoms with Crippen molar-refractivity contribution in [3.8, 4) is 17.1 Å². The molecule has 0 amide bonds. The Bertz CT molecular complexity index is 882. The summed E-state index contributed by atoms with van der Waals surface area (Å²) in [5, 5.41) is 3.28. The van der Waals surface area contributed by atoms with Crippen molar-refractivity contribution in [3.05, 3.63) is 36.9 Å². The predicted octanol–water partition coefficient (Wildman–Crippen LogP) is 2.94. The molecular weight excluding hydrogens is 368 g/mol. The first-order valence-electron chi connectivity index (χ1n) is 10.1. The molecule has 0 saturated carbocycles. The summed E-state index contributed by atoms with van der Waals surface area (Å²) in [6, 6.07) is 3.79. The molecule has 8 heteroatoms. The highest BCUT2D eigenvalue weighted by Gasteiger charge is 2.11. The maximum Gasteiger partial charge on any atom is 0.142 e. The van der Waals surface area contributed by atoms with E-state index in [-0.39, 0.29) is 6.10 Å². The van der Waals surface area contributed by atoms with Crippen LogP contribution in [0, 0.1) is 0 Å². The van der Waals surface area contributed by atoms with Gasteiger partial charge in [0, 0.05) is 19.4 Å². The lowest BCUT2D eigenvalue weighted by Gasteiger charge is -2.16. The molecule has 3 N–H and O–H groups in total. The lowest BCUT2D eigenvalue weighted by molar-refractivity contribution is 0.0788. The number of pyridine rings is 1. The van der Waals surface area contributed by atoms with E-state index in [4.69, 9.17) is 15.2 Å². The molecule has 29 heavy (non-hydrogen) atoms.